The van der Waals surface area contributed by atoms with Gasteiger partial charge in [-0.05, 0) is 31.4 Å². The van der Waals surface area contributed by atoms with E-state index in [0.29, 0.717) is 11.8 Å². The molecule has 1 aliphatic heterocycles. The molecule has 1 N–H and O–H groups in total. The van der Waals surface area contributed by atoms with Gasteiger partial charge in [-0.15, -0.1) is 11.8 Å². The maximum Gasteiger partial charge on any atom is 0.325 e. The van der Waals surface area contributed by atoms with E-state index in [1.165, 1.54) is 0 Å². The predicted octanol–water partition coefficient (Wildman–Crippen LogP) is 1.97. The van der Waals surface area contributed by atoms with Crippen molar-refractivity contribution in [2.45, 2.75) is 36.3 Å². The molecule has 6 nitrogen and oxygen atoms in total. The third kappa shape index (κ3) is 4.75. The minimum absolute atomic E-state index is 0.0440. The monoisotopic (exact) mass is 362 g/mol. The Hall–Kier alpha value is -2.02. The van der Waals surface area contributed by atoms with Crippen molar-refractivity contribution in [1.29, 1.82) is 0 Å². The van der Waals surface area contributed by atoms with Gasteiger partial charge in [-0.3, -0.25) is 14.4 Å². The van der Waals surface area contributed by atoms with Crippen LogP contribution in [0.5, 0.6) is 0 Å². The highest BCUT2D eigenvalue weighted by molar-refractivity contribution is 8.00. The molecular weight excluding hydrogens is 340 g/mol. The highest BCUT2D eigenvalue weighted by Gasteiger charge is 2.30. The fraction of sp³-hybridized carbons (Fsp3) is 0.500. The molecule has 2 aliphatic rings. The van der Waals surface area contributed by atoms with E-state index in [9.17, 15) is 14.4 Å². The highest BCUT2D eigenvalue weighted by atomic mass is 32.2. The molecule has 1 unspecified atom stereocenters. The SMILES string of the molecule is CC1CCN(C(=O)COC(=O)CNC(=O)C2CC2)c2ccccc2S1. The molecule has 0 saturated heterocycles. The number of amides is 2. The molecule has 3 rings (SSSR count). The van der Waals surface area contributed by atoms with Gasteiger partial charge in [-0.2, -0.15) is 0 Å². The van der Waals surface area contributed by atoms with Crippen molar-refractivity contribution in [2.75, 3.05) is 24.6 Å². The summed E-state index contributed by atoms with van der Waals surface area (Å²) in [5.41, 5.74) is 0.861. The molecule has 1 aromatic carbocycles. The lowest BCUT2D eigenvalue weighted by Gasteiger charge is -2.22. The van der Waals surface area contributed by atoms with Crippen LogP contribution in [0, 0.1) is 5.92 Å². The zero-order valence-electron chi connectivity index (χ0n) is 14.2. The Labute approximate surface area is 151 Å². The number of anilines is 1. The van der Waals surface area contributed by atoms with E-state index in [1.54, 1.807) is 16.7 Å². The number of benzene rings is 1. The zero-order chi connectivity index (χ0) is 17.8. The van der Waals surface area contributed by atoms with Crippen LogP contribution in [0.15, 0.2) is 29.2 Å². The molecule has 0 radical (unpaired) electrons. The number of rotatable bonds is 5. The summed E-state index contributed by atoms with van der Waals surface area (Å²) in [6, 6.07) is 7.77. The van der Waals surface area contributed by atoms with Crippen LogP contribution in [0.3, 0.4) is 0 Å². The Morgan fingerprint density at radius 1 is 1.24 bits per heavy atom. The Morgan fingerprint density at radius 2 is 2.00 bits per heavy atom. The molecule has 134 valence electrons. The van der Waals surface area contributed by atoms with Crippen LogP contribution in [0.25, 0.3) is 0 Å². The van der Waals surface area contributed by atoms with Gasteiger partial charge in [0.05, 0.1) is 5.69 Å². The fourth-order valence-electron chi connectivity index (χ4n) is 2.67. The van der Waals surface area contributed by atoms with Crippen LogP contribution in [0.4, 0.5) is 5.69 Å². The smallest absolute Gasteiger partial charge is 0.325 e. The molecule has 1 heterocycles. The summed E-state index contributed by atoms with van der Waals surface area (Å²) in [4.78, 5) is 38.5. The van der Waals surface area contributed by atoms with Crippen molar-refractivity contribution in [3.05, 3.63) is 24.3 Å². The van der Waals surface area contributed by atoms with Crippen molar-refractivity contribution >= 4 is 35.2 Å². The Morgan fingerprint density at radius 3 is 2.76 bits per heavy atom. The first kappa shape index (κ1) is 17.8. The summed E-state index contributed by atoms with van der Waals surface area (Å²) in [6.45, 7) is 2.23. The normalized spacial score (nSPS) is 19.6. The first-order chi connectivity index (χ1) is 12.0. The summed E-state index contributed by atoms with van der Waals surface area (Å²) in [5.74, 6) is -0.907. The van der Waals surface area contributed by atoms with Gasteiger partial charge in [0.2, 0.25) is 5.91 Å². The maximum absolute atomic E-state index is 12.5. The minimum atomic E-state index is -0.590. The van der Waals surface area contributed by atoms with Gasteiger partial charge < -0.3 is 15.0 Å². The zero-order valence-corrected chi connectivity index (χ0v) is 15.0. The number of thioether (sulfide) groups is 1. The topological polar surface area (TPSA) is 75.7 Å². The summed E-state index contributed by atoms with van der Waals surface area (Å²) < 4.78 is 5.04. The van der Waals surface area contributed by atoms with E-state index in [1.807, 2.05) is 24.3 Å². The number of hydrogen-bond donors (Lipinski definition) is 1. The van der Waals surface area contributed by atoms with Crippen molar-refractivity contribution in [2.24, 2.45) is 5.92 Å². The quantitative estimate of drug-likeness (QED) is 0.811. The summed E-state index contributed by atoms with van der Waals surface area (Å²) in [5, 5.41) is 2.95. The standard InChI is InChI=1S/C18H22N2O4S/c1-12-8-9-20(14-4-2-3-5-15(14)25-12)16(21)11-24-17(22)10-19-18(23)13-6-7-13/h2-5,12-13H,6-11H2,1H3,(H,19,23). The second-order valence-corrected chi connectivity index (χ2v) is 7.86. The Kier molecular flexibility index (Phi) is 5.63. The number of nitrogens with zero attached hydrogens (tertiary/aromatic N) is 1. The fourth-order valence-corrected chi connectivity index (χ4v) is 3.78. The first-order valence-electron chi connectivity index (χ1n) is 8.54. The minimum Gasteiger partial charge on any atom is -0.454 e. The third-order valence-corrected chi connectivity index (χ3v) is 5.49. The molecule has 0 bridgehead atoms. The number of fused-ring (bicyclic) bond motifs is 1. The van der Waals surface area contributed by atoms with Crippen LogP contribution in [0.2, 0.25) is 0 Å². The first-order valence-corrected chi connectivity index (χ1v) is 9.42. The Bertz CT molecular complexity index is 675. The predicted molar refractivity (Wildman–Crippen MR) is 95.4 cm³/mol. The van der Waals surface area contributed by atoms with Gasteiger partial charge >= 0.3 is 5.97 Å². The number of carbonyl (C=O) groups is 3. The van der Waals surface area contributed by atoms with Crippen molar-refractivity contribution in [1.82, 2.24) is 5.32 Å². The Balaban J connectivity index is 1.53. The van der Waals surface area contributed by atoms with E-state index < -0.39 is 5.97 Å². The lowest BCUT2D eigenvalue weighted by atomic mass is 10.2. The van der Waals surface area contributed by atoms with Crippen molar-refractivity contribution in [3.63, 3.8) is 0 Å². The van der Waals surface area contributed by atoms with Crippen LogP contribution in [0.1, 0.15) is 26.2 Å². The van der Waals surface area contributed by atoms with Gasteiger partial charge in [0, 0.05) is 22.6 Å². The number of esters is 1. The molecule has 1 saturated carbocycles. The molecule has 25 heavy (non-hydrogen) atoms. The van der Waals surface area contributed by atoms with E-state index >= 15 is 0 Å². The van der Waals surface area contributed by atoms with Crippen LogP contribution >= 0.6 is 11.8 Å². The molecular formula is C18H22N2O4S. The second-order valence-electron chi connectivity index (χ2n) is 6.38. The maximum atomic E-state index is 12.5. The molecule has 1 atom stereocenters. The number of nitrogens with one attached hydrogen (secondary N) is 1. The van der Waals surface area contributed by atoms with Crippen molar-refractivity contribution < 1.29 is 19.1 Å². The molecule has 2 amide bonds. The average molecular weight is 362 g/mol. The van der Waals surface area contributed by atoms with E-state index in [0.717, 1.165) is 29.8 Å². The summed E-state index contributed by atoms with van der Waals surface area (Å²) >= 11 is 1.75. The number of carbonyl (C=O) groups excluding carboxylic acids is 3. The van der Waals surface area contributed by atoms with Gasteiger partial charge in [-0.1, -0.05) is 19.1 Å². The average Bonchev–Trinajstić information content (AvgIpc) is 3.44. The third-order valence-electron chi connectivity index (χ3n) is 4.26. The molecule has 0 spiro atoms. The van der Waals surface area contributed by atoms with Crippen molar-refractivity contribution in [3.8, 4) is 0 Å². The van der Waals surface area contributed by atoms with Crippen LogP contribution in [-0.2, 0) is 19.1 Å². The second kappa shape index (κ2) is 7.91. The van der Waals surface area contributed by atoms with Gasteiger partial charge in [0.15, 0.2) is 6.61 Å². The lowest BCUT2D eigenvalue weighted by molar-refractivity contribution is -0.147. The van der Waals surface area contributed by atoms with Crippen LogP contribution in [-0.4, -0.2) is 42.7 Å². The van der Waals surface area contributed by atoms with Gasteiger partial charge in [0.1, 0.15) is 6.54 Å². The van der Waals surface area contributed by atoms with E-state index in [4.69, 9.17) is 4.74 Å². The number of hydrogen-bond acceptors (Lipinski definition) is 5. The lowest BCUT2D eigenvalue weighted by Crippen LogP contribution is -2.37. The molecule has 1 fully saturated rings. The number of ether oxygens (including phenoxy) is 1. The number of para-hydroxylation sites is 1. The summed E-state index contributed by atoms with van der Waals surface area (Å²) in [6.07, 6.45) is 2.63. The van der Waals surface area contributed by atoms with Gasteiger partial charge in [-0.25, -0.2) is 0 Å². The molecule has 1 aromatic rings. The highest BCUT2D eigenvalue weighted by Crippen LogP contribution is 2.37. The van der Waals surface area contributed by atoms with Crippen LogP contribution < -0.4 is 10.2 Å². The van der Waals surface area contributed by atoms with E-state index in [2.05, 4.69) is 12.2 Å². The molecule has 0 aromatic heterocycles. The van der Waals surface area contributed by atoms with Gasteiger partial charge in [0.25, 0.3) is 5.91 Å². The van der Waals surface area contributed by atoms with E-state index in [-0.39, 0.29) is 30.9 Å². The molecule has 1 aliphatic carbocycles. The largest absolute Gasteiger partial charge is 0.454 e. The molecule has 7 heteroatoms. The summed E-state index contributed by atoms with van der Waals surface area (Å²) in [7, 11) is 0.